The van der Waals surface area contributed by atoms with Crippen LogP contribution in [-0.4, -0.2) is 22.6 Å². The Balaban J connectivity index is 1.27. The molecule has 1 aliphatic rings. The molecule has 0 saturated carbocycles. The molecule has 198 valence electrons. The summed E-state index contributed by atoms with van der Waals surface area (Å²) < 4.78 is 12.9. The number of thiazole rings is 1. The fraction of sp³-hybridized carbons (Fsp3) is 0.103. The molecule has 3 aromatic heterocycles. The standard InChI is InChI=1S/C29H19N3O5S3/c1-15-24(11-16-6-8-20-21(10-16)37-14-36-20)40-29(26(15)28-30-19-4-2-3-5-23(19)39-28)31-27(33)25-13-17-12-18(32(34)35)7-9-22(17)38-25/h2-10,12-13H,11,14H2,1H3,(H,31,33). The van der Waals surface area contributed by atoms with Crippen molar-refractivity contribution in [2.45, 2.75) is 13.3 Å². The normalized spacial score (nSPS) is 12.3. The number of para-hydroxylation sites is 1. The average Bonchev–Trinajstić information content (AvgIpc) is 3.73. The van der Waals surface area contributed by atoms with Gasteiger partial charge in [0.25, 0.3) is 11.6 Å². The first-order chi connectivity index (χ1) is 19.4. The van der Waals surface area contributed by atoms with E-state index in [2.05, 4.69) is 12.2 Å². The first-order valence-corrected chi connectivity index (χ1v) is 14.7. The molecule has 4 heterocycles. The Hall–Kier alpha value is -4.32. The number of nitro benzene ring substituents is 1. The van der Waals surface area contributed by atoms with E-state index in [-0.39, 0.29) is 18.4 Å². The molecule has 0 fully saturated rings. The van der Waals surface area contributed by atoms with Crippen LogP contribution in [0.5, 0.6) is 11.5 Å². The fourth-order valence-corrected chi connectivity index (χ4v) is 8.02. The Labute approximate surface area is 239 Å². The largest absolute Gasteiger partial charge is 0.454 e. The van der Waals surface area contributed by atoms with Crippen LogP contribution in [0.1, 0.15) is 25.7 Å². The summed E-state index contributed by atoms with van der Waals surface area (Å²) in [7, 11) is 0. The third-order valence-corrected chi connectivity index (χ3v) is 10.1. The maximum Gasteiger partial charge on any atom is 0.270 e. The molecule has 1 N–H and O–H groups in total. The zero-order valence-electron chi connectivity index (χ0n) is 20.9. The lowest BCUT2D eigenvalue weighted by molar-refractivity contribution is -0.384. The van der Waals surface area contributed by atoms with E-state index in [0.717, 1.165) is 58.0 Å². The summed E-state index contributed by atoms with van der Waals surface area (Å²) in [6.07, 6.45) is 0.660. The van der Waals surface area contributed by atoms with Crippen molar-refractivity contribution in [3.8, 4) is 22.1 Å². The molecule has 1 amide bonds. The molecule has 1 aliphatic heterocycles. The molecule has 0 radical (unpaired) electrons. The number of nitrogens with zero attached hydrogens (tertiary/aromatic N) is 2. The van der Waals surface area contributed by atoms with Crippen molar-refractivity contribution in [2.24, 2.45) is 0 Å². The number of hydrogen-bond acceptors (Lipinski definition) is 9. The highest BCUT2D eigenvalue weighted by Gasteiger charge is 2.23. The lowest BCUT2D eigenvalue weighted by Crippen LogP contribution is -2.09. The van der Waals surface area contributed by atoms with Gasteiger partial charge in [0.15, 0.2) is 11.5 Å². The van der Waals surface area contributed by atoms with Gasteiger partial charge < -0.3 is 14.8 Å². The van der Waals surface area contributed by atoms with Crippen molar-refractivity contribution in [3.63, 3.8) is 0 Å². The van der Waals surface area contributed by atoms with E-state index in [0.29, 0.717) is 16.7 Å². The van der Waals surface area contributed by atoms with Gasteiger partial charge in [0.1, 0.15) is 10.0 Å². The molecular weight excluding hydrogens is 567 g/mol. The summed E-state index contributed by atoms with van der Waals surface area (Å²) in [6, 6.07) is 20.3. The van der Waals surface area contributed by atoms with Gasteiger partial charge in [-0.1, -0.05) is 18.2 Å². The molecule has 40 heavy (non-hydrogen) atoms. The van der Waals surface area contributed by atoms with Gasteiger partial charge in [-0.25, -0.2) is 4.98 Å². The van der Waals surface area contributed by atoms with Crippen LogP contribution in [-0.2, 0) is 6.42 Å². The van der Waals surface area contributed by atoms with Crippen molar-refractivity contribution in [3.05, 3.63) is 97.7 Å². The number of anilines is 1. The summed E-state index contributed by atoms with van der Waals surface area (Å²) in [5.74, 6) is 1.21. The SMILES string of the molecule is Cc1c(Cc2ccc3c(c2)OCO3)sc(NC(=O)c2cc3cc([N+](=O)[O-])ccc3s2)c1-c1nc2ccccc2s1. The van der Waals surface area contributed by atoms with E-state index in [1.807, 2.05) is 42.5 Å². The minimum atomic E-state index is -0.433. The number of amides is 1. The number of carbonyl (C=O) groups is 1. The second-order valence-corrected chi connectivity index (χ2v) is 12.5. The molecule has 3 aromatic carbocycles. The highest BCUT2D eigenvalue weighted by molar-refractivity contribution is 7.23. The number of nitrogens with one attached hydrogen (secondary N) is 1. The molecule has 0 unspecified atom stereocenters. The number of rotatable bonds is 6. The number of benzene rings is 3. The molecule has 0 aliphatic carbocycles. The zero-order chi connectivity index (χ0) is 27.4. The monoisotopic (exact) mass is 585 g/mol. The van der Waals surface area contributed by atoms with Crippen LogP contribution in [0.4, 0.5) is 10.7 Å². The predicted octanol–water partition coefficient (Wildman–Crippen LogP) is 8.03. The molecule has 0 bridgehead atoms. The Bertz CT molecular complexity index is 1940. The minimum Gasteiger partial charge on any atom is -0.454 e. The fourth-order valence-electron chi connectivity index (χ4n) is 4.71. The van der Waals surface area contributed by atoms with Gasteiger partial charge in [-0.2, -0.15) is 0 Å². The Morgan fingerprint density at radius 2 is 1.85 bits per heavy atom. The highest BCUT2D eigenvalue weighted by Crippen LogP contribution is 2.45. The van der Waals surface area contributed by atoms with Gasteiger partial charge in [0.05, 0.1) is 20.0 Å². The molecule has 0 saturated heterocycles. The van der Waals surface area contributed by atoms with E-state index >= 15 is 0 Å². The van der Waals surface area contributed by atoms with Gasteiger partial charge in [-0.3, -0.25) is 14.9 Å². The second kappa shape index (κ2) is 9.70. The van der Waals surface area contributed by atoms with Gasteiger partial charge in [0, 0.05) is 39.1 Å². The zero-order valence-corrected chi connectivity index (χ0v) is 23.4. The summed E-state index contributed by atoms with van der Waals surface area (Å²) in [5.41, 5.74) is 3.95. The van der Waals surface area contributed by atoms with Crippen molar-refractivity contribution in [2.75, 3.05) is 12.1 Å². The number of carbonyl (C=O) groups excluding carboxylic acids is 1. The second-order valence-electron chi connectivity index (χ2n) is 9.25. The number of hydrogen-bond donors (Lipinski definition) is 1. The average molecular weight is 586 g/mol. The van der Waals surface area contributed by atoms with E-state index < -0.39 is 4.92 Å². The lowest BCUT2D eigenvalue weighted by Gasteiger charge is -2.04. The Morgan fingerprint density at radius 3 is 2.70 bits per heavy atom. The van der Waals surface area contributed by atoms with Crippen LogP contribution >= 0.6 is 34.0 Å². The maximum atomic E-state index is 13.5. The van der Waals surface area contributed by atoms with Crippen molar-refractivity contribution in [1.29, 1.82) is 0 Å². The summed E-state index contributed by atoms with van der Waals surface area (Å²) in [6.45, 7) is 2.29. The van der Waals surface area contributed by atoms with Crippen molar-refractivity contribution >= 4 is 70.9 Å². The van der Waals surface area contributed by atoms with E-state index in [1.165, 1.54) is 34.8 Å². The Morgan fingerprint density at radius 1 is 1.00 bits per heavy atom. The molecule has 0 spiro atoms. The van der Waals surface area contributed by atoms with Gasteiger partial charge in [-0.15, -0.1) is 34.0 Å². The third-order valence-electron chi connectivity index (χ3n) is 6.72. The Kier molecular flexibility index (Phi) is 5.99. The van der Waals surface area contributed by atoms with Crippen LogP contribution in [0.2, 0.25) is 0 Å². The first kappa shape index (κ1) is 24.7. The minimum absolute atomic E-state index is 0.00239. The number of thiophene rings is 2. The van der Waals surface area contributed by atoms with Crippen LogP contribution in [0, 0.1) is 17.0 Å². The van der Waals surface area contributed by atoms with E-state index in [9.17, 15) is 14.9 Å². The first-order valence-electron chi connectivity index (χ1n) is 12.3. The topological polar surface area (TPSA) is 104 Å². The van der Waals surface area contributed by atoms with Gasteiger partial charge >= 0.3 is 0 Å². The lowest BCUT2D eigenvalue weighted by atomic mass is 10.1. The quantitative estimate of drug-likeness (QED) is 0.157. The van der Waals surface area contributed by atoms with Crippen molar-refractivity contribution in [1.82, 2.24) is 4.98 Å². The molecule has 6 aromatic rings. The van der Waals surface area contributed by atoms with Crippen LogP contribution in [0.3, 0.4) is 0 Å². The molecule has 11 heteroatoms. The molecule has 7 rings (SSSR count). The third kappa shape index (κ3) is 4.37. The van der Waals surface area contributed by atoms with E-state index in [4.69, 9.17) is 14.5 Å². The molecular formula is C29H19N3O5S3. The highest BCUT2D eigenvalue weighted by atomic mass is 32.1. The van der Waals surface area contributed by atoms with Gasteiger partial charge in [-0.05, 0) is 54.4 Å². The van der Waals surface area contributed by atoms with Crippen LogP contribution < -0.4 is 14.8 Å². The smallest absolute Gasteiger partial charge is 0.270 e. The van der Waals surface area contributed by atoms with Gasteiger partial charge in [0.2, 0.25) is 6.79 Å². The number of nitro groups is 1. The number of non-ortho nitro benzene ring substituents is 1. The van der Waals surface area contributed by atoms with E-state index in [1.54, 1.807) is 23.5 Å². The summed E-state index contributed by atoms with van der Waals surface area (Å²) >= 11 is 4.43. The summed E-state index contributed by atoms with van der Waals surface area (Å²) in [5, 5.41) is 16.6. The summed E-state index contributed by atoms with van der Waals surface area (Å²) in [4.78, 5) is 30.7. The number of ether oxygens (including phenoxy) is 2. The van der Waals surface area contributed by atoms with Crippen molar-refractivity contribution < 1.29 is 19.2 Å². The van der Waals surface area contributed by atoms with Crippen LogP contribution in [0.25, 0.3) is 30.9 Å². The molecule has 8 nitrogen and oxygen atoms in total. The number of aromatic nitrogens is 1. The maximum absolute atomic E-state index is 13.5. The molecule has 0 atom stereocenters. The predicted molar refractivity (Wildman–Crippen MR) is 159 cm³/mol. The van der Waals surface area contributed by atoms with Crippen LogP contribution in [0.15, 0.2) is 66.7 Å². The number of fused-ring (bicyclic) bond motifs is 3.